The topological polar surface area (TPSA) is 41.6 Å². The number of nitrogens with one attached hydrogen (secondary N) is 1. The Morgan fingerprint density at radius 3 is 3.00 bits per heavy atom. The largest absolute Gasteiger partial charge is 0.466 e. The molecule has 2 fully saturated rings. The molecule has 0 aliphatic carbocycles. The number of nitrogens with zero attached hydrogens (tertiary/aromatic N) is 1. The summed E-state index contributed by atoms with van der Waals surface area (Å²) in [6.45, 7) is 3.25. The molecule has 1 spiro atoms. The van der Waals surface area contributed by atoms with Gasteiger partial charge in [-0.3, -0.25) is 0 Å². The minimum absolute atomic E-state index is 0.305. The number of rotatable bonds is 3. The number of carbonyl (C=O) groups is 1. The van der Waals surface area contributed by atoms with Crippen molar-refractivity contribution in [3.05, 3.63) is 35.9 Å². The van der Waals surface area contributed by atoms with Crippen LogP contribution in [0, 0.1) is 0 Å². The van der Waals surface area contributed by atoms with Gasteiger partial charge in [0.1, 0.15) is 0 Å². The summed E-state index contributed by atoms with van der Waals surface area (Å²) in [4.78, 5) is 13.7. The molecule has 0 bridgehead atoms. The molecule has 1 N–H and O–H groups in total. The van der Waals surface area contributed by atoms with Crippen LogP contribution in [0.5, 0.6) is 0 Å². The number of hydrogen-bond acceptors (Lipinski definition) is 4. The zero-order valence-electron chi connectivity index (χ0n) is 12.5. The van der Waals surface area contributed by atoms with Crippen LogP contribution in [0.2, 0.25) is 0 Å². The van der Waals surface area contributed by atoms with Crippen LogP contribution < -0.4 is 10.2 Å². The highest BCUT2D eigenvalue weighted by Gasteiger charge is 2.40. The number of anilines is 1. The summed E-state index contributed by atoms with van der Waals surface area (Å²) >= 11 is 0. The maximum Gasteiger partial charge on any atom is 0.330 e. The number of para-hydroxylation sites is 1. The van der Waals surface area contributed by atoms with E-state index in [2.05, 4.69) is 27.1 Å². The van der Waals surface area contributed by atoms with Gasteiger partial charge in [-0.05, 0) is 43.5 Å². The van der Waals surface area contributed by atoms with Gasteiger partial charge in [0.05, 0.1) is 7.11 Å². The Balaban J connectivity index is 1.79. The van der Waals surface area contributed by atoms with E-state index in [-0.39, 0.29) is 5.97 Å². The van der Waals surface area contributed by atoms with Crippen LogP contribution in [-0.2, 0) is 9.53 Å². The molecule has 2 heterocycles. The monoisotopic (exact) mass is 286 g/mol. The van der Waals surface area contributed by atoms with Crippen molar-refractivity contribution in [1.82, 2.24) is 5.32 Å². The van der Waals surface area contributed by atoms with Gasteiger partial charge in [0.15, 0.2) is 0 Å². The molecular weight excluding hydrogens is 264 g/mol. The van der Waals surface area contributed by atoms with Gasteiger partial charge in [-0.2, -0.15) is 0 Å². The maximum absolute atomic E-state index is 11.3. The van der Waals surface area contributed by atoms with E-state index in [0.717, 1.165) is 25.2 Å². The van der Waals surface area contributed by atoms with Gasteiger partial charge in [-0.25, -0.2) is 4.79 Å². The van der Waals surface area contributed by atoms with E-state index in [4.69, 9.17) is 0 Å². The summed E-state index contributed by atoms with van der Waals surface area (Å²) < 4.78 is 4.66. The van der Waals surface area contributed by atoms with Crippen molar-refractivity contribution >= 4 is 17.7 Å². The molecular formula is C17H22N2O2. The van der Waals surface area contributed by atoms with Crippen LogP contribution in [0.1, 0.15) is 24.8 Å². The lowest BCUT2D eigenvalue weighted by Gasteiger charge is -2.26. The first-order valence-electron chi connectivity index (χ1n) is 7.57. The van der Waals surface area contributed by atoms with Gasteiger partial charge in [-0.1, -0.05) is 18.2 Å². The lowest BCUT2D eigenvalue weighted by molar-refractivity contribution is -0.134. The Labute approximate surface area is 125 Å². The van der Waals surface area contributed by atoms with Crippen molar-refractivity contribution in [2.24, 2.45) is 0 Å². The Morgan fingerprint density at radius 2 is 2.24 bits per heavy atom. The highest BCUT2D eigenvalue weighted by atomic mass is 16.5. The van der Waals surface area contributed by atoms with Crippen LogP contribution in [0.15, 0.2) is 30.3 Å². The number of ether oxygens (including phenoxy) is 1. The van der Waals surface area contributed by atoms with Crippen LogP contribution in [0.3, 0.4) is 0 Å². The van der Waals surface area contributed by atoms with Crippen molar-refractivity contribution in [3.8, 4) is 0 Å². The molecule has 112 valence electrons. The molecule has 1 aromatic carbocycles. The quantitative estimate of drug-likeness (QED) is 0.683. The van der Waals surface area contributed by atoms with Gasteiger partial charge >= 0.3 is 5.97 Å². The summed E-state index contributed by atoms with van der Waals surface area (Å²) in [5, 5.41) is 3.68. The van der Waals surface area contributed by atoms with E-state index in [0.29, 0.717) is 5.54 Å². The lowest BCUT2D eigenvalue weighted by atomic mass is 9.97. The second kappa shape index (κ2) is 5.90. The molecule has 0 saturated carbocycles. The highest BCUT2D eigenvalue weighted by molar-refractivity contribution is 5.88. The third kappa shape index (κ3) is 2.95. The first kappa shape index (κ1) is 14.1. The molecule has 1 atom stereocenters. The van der Waals surface area contributed by atoms with Crippen molar-refractivity contribution in [2.75, 3.05) is 31.6 Å². The number of benzene rings is 1. The van der Waals surface area contributed by atoms with Crippen LogP contribution in [-0.4, -0.2) is 38.3 Å². The molecule has 1 unspecified atom stereocenters. The molecule has 3 rings (SSSR count). The number of methoxy groups -OCH3 is 1. The van der Waals surface area contributed by atoms with Crippen LogP contribution in [0.25, 0.3) is 6.08 Å². The van der Waals surface area contributed by atoms with E-state index in [1.165, 1.54) is 38.1 Å². The second-order valence-corrected chi connectivity index (χ2v) is 5.90. The minimum Gasteiger partial charge on any atom is -0.466 e. The van der Waals surface area contributed by atoms with Crippen LogP contribution in [0.4, 0.5) is 5.69 Å². The SMILES string of the molecule is COC(=O)/C=C/c1ccccc1N1CCC2(CCCN2)C1. The fourth-order valence-corrected chi connectivity index (χ4v) is 3.44. The average Bonchev–Trinajstić information content (AvgIpc) is 3.15. The third-order valence-electron chi connectivity index (χ3n) is 4.56. The Bertz CT molecular complexity index is 547. The predicted octanol–water partition coefficient (Wildman–Crippen LogP) is 2.21. The highest BCUT2D eigenvalue weighted by Crippen LogP contribution is 2.34. The van der Waals surface area contributed by atoms with E-state index in [1.54, 1.807) is 0 Å². The summed E-state index contributed by atoms with van der Waals surface area (Å²) in [5.41, 5.74) is 2.57. The summed E-state index contributed by atoms with van der Waals surface area (Å²) in [5.74, 6) is -0.319. The van der Waals surface area contributed by atoms with E-state index in [9.17, 15) is 4.79 Å². The van der Waals surface area contributed by atoms with Gasteiger partial charge < -0.3 is 15.0 Å². The average molecular weight is 286 g/mol. The smallest absolute Gasteiger partial charge is 0.330 e. The Hall–Kier alpha value is -1.81. The lowest BCUT2D eigenvalue weighted by Crippen LogP contribution is -2.42. The number of carbonyl (C=O) groups excluding carboxylic acids is 1. The maximum atomic E-state index is 11.3. The van der Waals surface area contributed by atoms with E-state index >= 15 is 0 Å². The fourth-order valence-electron chi connectivity index (χ4n) is 3.44. The minimum atomic E-state index is -0.319. The first-order valence-corrected chi connectivity index (χ1v) is 7.57. The molecule has 0 radical (unpaired) electrons. The van der Waals surface area contributed by atoms with Crippen molar-refractivity contribution in [1.29, 1.82) is 0 Å². The normalized spacial score (nSPS) is 25.1. The zero-order valence-corrected chi connectivity index (χ0v) is 12.5. The predicted molar refractivity (Wildman–Crippen MR) is 84.3 cm³/mol. The third-order valence-corrected chi connectivity index (χ3v) is 4.56. The Kier molecular flexibility index (Phi) is 3.97. The second-order valence-electron chi connectivity index (χ2n) is 5.90. The molecule has 0 amide bonds. The standard InChI is InChI=1S/C17H22N2O2/c1-21-16(20)8-7-14-5-2-3-6-15(14)19-12-10-17(13-19)9-4-11-18-17/h2-3,5-8,18H,4,9-13H2,1H3/b8-7+. The molecule has 4 nitrogen and oxygen atoms in total. The fraction of sp³-hybridized carbons (Fsp3) is 0.471. The molecule has 0 aromatic heterocycles. The molecule has 2 aliphatic rings. The summed E-state index contributed by atoms with van der Waals surface area (Å²) in [6.07, 6.45) is 7.07. The van der Waals surface area contributed by atoms with Gasteiger partial charge in [-0.15, -0.1) is 0 Å². The molecule has 1 aromatic rings. The van der Waals surface area contributed by atoms with E-state index in [1.807, 2.05) is 18.2 Å². The molecule has 21 heavy (non-hydrogen) atoms. The van der Waals surface area contributed by atoms with Gasteiger partial charge in [0.25, 0.3) is 0 Å². The van der Waals surface area contributed by atoms with Gasteiger partial charge in [0, 0.05) is 30.4 Å². The van der Waals surface area contributed by atoms with E-state index < -0.39 is 0 Å². The molecule has 2 saturated heterocycles. The van der Waals surface area contributed by atoms with Crippen LogP contribution >= 0.6 is 0 Å². The first-order chi connectivity index (χ1) is 10.2. The van der Waals surface area contributed by atoms with Gasteiger partial charge in [0.2, 0.25) is 0 Å². The molecule has 2 aliphatic heterocycles. The number of hydrogen-bond donors (Lipinski definition) is 1. The van der Waals surface area contributed by atoms with Crippen molar-refractivity contribution in [3.63, 3.8) is 0 Å². The molecule has 4 heteroatoms. The zero-order chi connectivity index (χ0) is 14.7. The summed E-state index contributed by atoms with van der Waals surface area (Å²) in [7, 11) is 1.40. The van der Waals surface area contributed by atoms with Crippen molar-refractivity contribution < 1.29 is 9.53 Å². The summed E-state index contributed by atoms with van der Waals surface area (Å²) in [6, 6.07) is 8.23. The van der Waals surface area contributed by atoms with Crippen molar-refractivity contribution in [2.45, 2.75) is 24.8 Å². The Morgan fingerprint density at radius 1 is 1.38 bits per heavy atom. The number of esters is 1.